The molecule has 0 aliphatic carbocycles. The van der Waals surface area contributed by atoms with Crippen molar-refractivity contribution in [3.8, 4) is 5.75 Å². The lowest BCUT2D eigenvalue weighted by Gasteiger charge is -2.15. The molecule has 2 aromatic rings. The number of alkyl halides is 2. The van der Waals surface area contributed by atoms with E-state index in [2.05, 4.69) is 25.8 Å². The van der Waals surface area contributed by atoms with E-state index in [9.17, 15) is 13.9 Å². The van der Waals surface area contributed by atoms with Crippen molar-refractivity contribution in [2.75, 3.05) is 0 Å². The number of benzene rings is 1. The normalized spacial score (nSPS) is 12.7. The third-order valence-corrected chi connectivity index (χ3v) is 3.54. The minimum atomic E-state index is -2.89. The largest absolute Gasteiger partial charge is 0.435 e. The second-order valence-corrected chi connectivity index (χ2v) is 5.31. The Morgan fingerprint density at radius 3 is 2.86 bits per heavy atom. The Kier molecular flexibility index (Phi) is 5.30. The molecule has 1 atom stereocenters. The topological polar surface area (TPSA) is 47.3 Å². The van der Waals surface area contributed by atoms with E-state index in [0.29, 0.717) is 22.3 Å². The molecule has 21 heavy (non-hydrogen) atoms. The van der Waals surface area contributed by atoms with E-state index in [0.717, 1.165) is 6.42 Å². The SMILES string of the molecule is CCCn1ncc(Br)c1C(O)c1cccc(OC(F)F)c1. The summed E-state index contributed by atoms with van der Waals surface area (Å²) in [6.07, 6.45) is 1.49. The Labute approximate surface area is 129 Å². The lowest BCUT2D eigenvalue weighted by molar-refractivity contribution is -0.0499. The van der Waals surface area contributed by atoms with E-state index in [4.69, 9.17) is 0 Å². The molecule has 0 spiro atoms. The molecule has 0 aliphatic rings. The summed E-state index contributed by atoms with van der Waals surface area (Å²) in [5.74, 6) is 0.0132. The van der Waals surface area contributed by atoms with Crippen LogP contribution in [-0.2, 0) is 6.54 Å². The zero-order valence-corrected chi connectivity index (χ0v) is 12.9. The maximum absolute atomic E-state index is 12.2. The number of aryl methyl sites for hydroxylation is 1. The molecule has 0 aliphatic heterocycles. The van der Waals surface area contributed by atoms with Gasteiger partial charge in [0.2, 0.25) is 0 Å². The van der Waals surface area contributed by atoms with Gasteiger partial charge in [0.25, 0.3) is 0 Å². The van der Waals surface area contributed by atoms with Gasteiger partial charge in [0, 0.05) is 6.54 Å². The summed E-state index contributed by atoms with van der Waals surface area (Å²) in [6.45, 7) is -0.233. The maximum atomic E-state index is 12.2. The first-order valence-corrected chi connectivity index (χ1v) is 7.26. The lowest BCUT2D eigenvalue weighted by Crippen LogP contribution is -2.11. The smallest absolute Gasteiger partial charge is 0.387 e. The third kappa shape index (κ3) is 3.79. The van der Waals surface area contributed by atoms with Crippen LogP contribution < -0.4 is 4.74 Å². The standard InChI is InChI=1S/C14H15BrF2N2O2/c1-2-6-19-12(11(15)8-18-19)13(20)9-4-3-5-10(7-9)21-14(16)17/h3-5,7-8,13-14,20H,2,6H2,1H3. The average molecular weight is 361 g/mol. The summed E-state index contributed by atoms with van der Waals surface area (Å²) in [5.41, 5.74) is 1.05. The predicted molar refractivity (Wildman–Crippen MR) is 77.4 cm³/mol. The molecular formula is C14H15BrF2N2O2. The van der Waals surface area contributed by atoms with Crippen LogP contribution in [0.5, 0.6) is 5.75 Å². The Balaban J connectivity index is 2.31. The summed E-state index contributed by atoms with van der Waals surface area (Å²) in [7, 11) is 0. The minimum Gasteiger partial charge on any atom is -0.435 e. The number of ether oxygens (including phenoxy) is 1. The van der Waals surface area contributed by atoms with Crippen LogP contribution in [0.3, 0.4) is 0 Å². The molecule has 7 heteroatoms. The number of aliphatic hydroxyl groups is 1. The number of halogens is 3. The molecular weight excluding hydrogens is 346 g/mol. The number of aromatic nitrogens is 2. The molecule has 4 nitrogen and oxygen atoms in total. The molecule has 0 fully saturated rings. The number of hydrogen-bond donors (Lipinski definition) is 1. The van der Waals surface area contributed by atoms with Gasteiger partial charge in [-0.15, -0.1) is 0 Å². The van der Waals surface area contributed by atoms with Crippen molar-refractivity contribution in [1.29, 1.82) is 0 Å². The fourth-order valence-electron chi connectivity index (χ4n) is 2.05. The highest BCUT2D eigenvalue weighted by Gasteiger charge is 2.20. The van der Waals surface area contributed by atoms with Gasteiger partial charge in [-0.25, -0.2) is 0 Å². The lowest BCUT2D eigenvalue weighted by atomic mass is 10.1. The van der Waals surface area contributed by atoms with E-state index >= 15 is 0 Å². The van der Waals surface area contributed by atoms with Crippen LogP contribution in [0.25, 0.3) is 0 Å². The van der Waals surface area contributed by atoms with Gasteiger partial charge in [-0.1, -0.05) is 19.1 Å². The molecule has 1 heterocycles. The van der Waals surface area contributed by atoms with Crippen molar-refractivity contribution in [3.05, 3.63) is 46.2 Å². The summed E-state index contributed by atoms with van der Waals surface area (Å²) in [5, 5.41) is 14.7. The summed E-state index contributed by atoms with van der Waals surface area (Å²) >= 11 is 3.35. The van der Waals surface area contributed by atoms with Crippen molar-refractivity contribution in [2.45, 2.75) is 32.6 Å². The van der Waals surface area contributed by atoms with Crippen molar-refractivity contribution < 1.29 is 18.6 Å². The van der Waals surface area contributed by atoms with Crippen molar-refractivity contribution in [2.24, 2.45) is 0 Å². The van der Waals surface area contributed by atoms with Crippen LogP contribution in [0.15, 0.2) is 34.9 Å². The third-order valence-electron chi connectivity index (χ3n) is 2.93. The van der Waals surface area contributed by atoms with Crippen molar-refractivity contribution in [1.82, 2.24) is 9.78 Å². The second-order valence-electron chi connectivity index (χ2n) is 4.45. The Morgan fingerprint density at radius 1 is 1.43 bits per heavy atom. The van der Waals surface area contributed by atoms with E-state index in [1.807, 2.05) is 6.92 Å². The van der Waals surface area contributed by atoms with Crippen LogP contribution >= 0.6 is 15.9 Å². The molecule has 0 bridgehead atoms. The van der Waals surface area contributed by atoms with E-state index < -0.39 is 12.7 Å². The van der Waals surface area contributed by atoms with Crippen LogP contribution in [0.2, 0.25) is 0 Å². The molecule has 1 N–H and O–H groups in total. The first-order valence-electron chi connectivity index (χ1n) is 6.47. The van der Waals surface area contributed by atoms with Gasteiger partial charge in [0.05, 0.1) is 16.4 Å². The Morgan fingerprint density at radius 2 is 2.19 bits per heavy atom. The van der Waals surface area contributed by atoms with E-state index in [1.54, 1.807) is 23.0 Å². The van der Waals surface area contributed by atoms with Gasteiger partial charge in [-0.2, -0.15) is 13.9 Å². The minimum absolute atomic E-state index is 0.0132. The maximum Gasteiger partial charge on any atom is 0.387 e. The van der Waals surface area contributed by atoms with Crippen LogP contribution in [0.4, 0.5) is 8.78 Å². The van der Waals surface area contributed by atoms with Gasteiger partial charge in [-0.3, -0.25) is 4.68 Å². The molecule has 1 aromatic heterocycles. The molecule has 0 radical (unpaired) electrons. The highest BCUT2D eigenvalue weighted by Crippen LogP contribution is 2.30. The Bertz CT molecular complexity index is 604. The van der Waals surface area contributed by atoms with E-state index in [-0.39, 0.29) is 5.75 Å². The molecule has 114 valence electrons. The molecule has 0 saturated heterocycles. The monoisotopic (exact) mass is 360 g/mol. The first kappa shape index (κ1) is 15.9. The molecule has 2 rings (SSSR count). The average Bonchev–Trinajstić information content (AvgIpc) is 2.79. The summed E-state index contributed by atoms with van der Waals surface area (Å²) in [4.78, 5) is 0. The molecule has 0 amide bonds. The number of rotatable bonds is 6. The number of nitrogens with zero attached hydrogens (tertiary/aromatic N) is 2. The summed E-state index contributed by atoms with van der Waals surface area (Å²) < 4.78 is 31.2. The van der Waals surface area contributed by atoms with Crippen LogP contribution in [-0.4, -0.2) is 21.5 Å². The zero-order valence-electron chi connectivity index (χ0n) is 11.3. The predicted octanol–water partition coefficient (Wildman–Crippen LogP) is 3.74. The molecule has 1 aromatic carbocycles. The molecule has 1 unspecified atom stereocenters. The van der Waals surface area contributed by atoms with Crippen LogP contribution in [0, 0.1) is 0 Å². The fraction of sp³-hybridized carbons (Fsp3) is 0.357. The Hall–Kier alpha value is -1.47. The quantitative estimate of drug-likeness (QED) is 0.853. The van der Waals surface area contributed by atoms with Crippen LogP contribution in [0.1, 0.15) is 30.7 Å². The zero-order chi connectivity index (χ0) is 15.4. The van der Waals surface area contributed by atoms with E-state index in [1.165, 1.54) is 12.1 Å². The van der Waals surface area contributed by atoms with Gasteiger partial charge in [-0.05, 0) is 40.0 Å². The first-order chi connectivity index (χ1) is 10.0. The van der Waals surface area contributed by atoms with Gasteiger partial charge < -0.3 is 9.84 Å². The highest BCUT2D eigenvalue weighted by atomic mass is 79.9. The molecule has 0 saturated carbocycles. The number of hydrogen-bond acceptors (Lipinski definition) is 3. The second kappa shape index (κ2) is 7.00. The van der Waals surface area contributed by atoms with Gasteiger partial charge in [0.15, 0.2) is 0 Å². The van der Waals surface area contributed by atoms with Gasteiger partial charge >= 0.3 is 6.61 Å². The highest BCUT2D eigenvalue weighted by molar-refractivity contribution is 9.10. The van der Waals surface area contributed by atoms with Crippen molar-refractivity contribution in [3.63, 3.8) is 0 Å². The van der Waals surface area contributed by atoms with Crippen molar-refractivity contribution >= 4 is 15.9 Å². The fourth-order valence-corrected chi connectivity index (χ4v) is 2.57. The van der Waals surface area contributed by atoms with Gasteiger partial charge in [0.1, 0.15) is 11.9 Å². The number of aliphatic hydroxyl groups excluding tert-OH is 1. The summed E-state index contributed by atoms with van der Waals surface area (Å²) in [6, 6.07) is 6.02.